The number of imidazole rings is 1. The van der Waals surface area contributed by atoms with Crippen LogP contribution in [-0.4, -0.2) is 27.5 Å². The Hall–Kier alpha value is -1.81. The van der Waals surface area contributed by atoms with Gasteiger partial charge in [-0.25, -0.2) is 4.98 Å². The van der Waals surface area contributed by atoms with Gasteiger partial charge in [-0.1, -0.05) is 6.07 Å². The third kappa shape index (κ3) is 2.52. The SMILES string of the molecule is Cc1cc2c(cc1C)C(N(Cc1cnc[nH]1)C1CC1)CCO2. The summed E-state index contributed by atoms with van der Waals surface area (Å²) in [7, 11) is 0. The molecule has 1 fully saturated rings. The number of fused-ring (bicyclic) bond motifs is 1. The van der Waals surface area contributed by atoms with E-state index in [1.54, 1.807) is 6.33 Å². The van der Waals surface area contributed by atoms with Gasteiger partial charge >= 0.3 is 0 Å². The van der Waals surface area contributed by atoms with Crippen LogP contribution in [0.4, 0.5) is 0 Å². The van der Waals surface area contributed by atoms with E-state index in [4.69, 9.17) is 4.74 Å². The van der Waals surface area contributed by atoms with Crippen LogP contribution >= 0.6 is 0 Å². The fourth-order valence-corrected chi connectivity index (χ4v) is 3.45. The van der Waals surface area contributed by atoms with E-state index in [0.29, 0.717) is 12.1 Å². The van der Waals surface area contributed by atoms with Gasteiger partial charge in [0.25, 0.3) is 0 Å². The van der Waals surface area contributed by atoms with Crippen molar-refractivity contribution in [2.75, 3.05) is 6.61 Å². The molecule has 2 aromatic rings. The highest BCUT2D eigenvalue weighted by Crippen LogP contribution is 2.43. The second-order valence-electron chi connectivity index (χ2n) is 6.61. The molecular formula is C18H23N3O. The summed E-state index contributed by atoms with van der Waals surface area (Å²) >= 11 is 0. The highest BCUT2D eigenvalue weighted by Gasteiger charge is 2.37. The molecule has 4 rings (SSSR count). The highest BCUT2D eigenvalue weighted by molar-refractivity contribution is 5.44. The lowest BCUT2D eigenvalue weighted by Gasteiger charge is -2.36. The van der Waals surface area contributed by atoms with Crippen LogP contribution in [0.2, 0.25) is 0 Å². The van der Waals surface area contributed by atoms with Crippen molar-refractivity contribution in [1.82, 2.24) is 14.9 Å². The number of nitrogens with one attached hydrogen (secondary N) is 1. The molecule has 0 amide bonds. The first kappa shape index (κ1) is 13.8. The summed E-state index contributed by atoms with van der Waals surface area (Å²) in [6.45, 7) is 6.11. The van der Waals surface area contributed by atoms with Crippen LogP contribution in [0.3, 0.4) is 0 Å². The van der Waals surface area contributed by atoms with Crippen molar-refractivity contribution in [3.8, 4) is 5.75 Å². The van der Waals surface area contributed by atoms with Crippen molar-refractivity contribution >= 4 is 0 Å². The van der Waals surface area contributed by atoms with E-state index in [-0.39, 0.29) is 0 Å². The largest absolute Gasteiger partial charge is 0.493 e. The number of H-pyrrole nitrogens is 1. The average Bonchev–Trinajstić information content (AvgIpc) is 3.22. The topological polar surface area (TPSA) is 41.2 Å². The third-order valence-corrected chi connectivity index (χ3v) is 4.96. The Bertz CT molecular complexity index is 661. The first-order valence-corrected chi connectivity index (χ1v) is 8.19. The minimum Gasteiger partial charge on any atom is -0.493 e. The summed E-state index contributed by atoms with van der Waals surface area (Å²) in [6, 6.07) is 5.70. The summed E-state index contributed by atoms with van der Waals surface area (Å²) in [5.41, 5.74) is 5.22. The summed E-state index contributed by atoms with van der Waals surface area (Å²) in [4.78, 5) is 10.1. The van der Waals surface area contributed by atoms with Gasteiger partial charge in [0.2, 0.25) is 0 Å². The molecule has 1 unspecified atom stereocenters. The number of hydrogen-bond donors (Lipinski definition) is 1. The molecule has 2 heterocycles. The van der Waals surface area contributed by atoms with E-state index >= 15 is 0 Å². The zero-order chi connectivity index (χ0) is 15.1. The summed E-state index contributed by atoms with van der Waals surface area (Å²) < 4.78 is 5.93. The van der Waals surface area contributed by atoms with Gasteiger partial charge in [0.1, 0.15) is 5.75 Å². The molecule has 0 radical (unpaired) electrons. The van der Waals surface area contributed by atoms with Crippen molar-refractivity contribution < 1.29 is 4.74 Å². The molecule has 1 aromatic heterocycles. The fourth-order valence-electron chi connectivity index (χ4n) is 3.45. The Morgan fingerprint density at radius 3 is 2.77 bits per heavy atom. The molecule has 1 aliphatic heterocycles. The Kier molecular flexibility index (Phi) is 3.41. The molecule has 1 N–H and O–H groups in total. The molecule has 4 nitrogen and oxygen atoms in total. The lowest BCUT2D eigenvalue weighted by molar-refractivity contribution is 0.124. The molecule has 0 bridgehead atoms. The first-order chi connectivity index (χ1) is 10.7. The molecule has 116 valence electrons. The zero-order valence-electron chi connectivity index (χ0n) is 13.3. The van der Waals surface area contributed by atoms with E-state index in [1.807, 2.05) is 6.20 Å². The maximum atomic E-state index is 5.93. The first-order valence-electron chi connectivity index (χ1n) is 8.19. The van der Waals surface area contributed by atoms with Gasteiger partial charge in [0.05, 0.1) is 12.9 Å². The predicted molar refractivity (Wildman–Crippen MR) is 85.9 cm³/mol. The number of hydrogen-bond acceptors (Lipinski definition) is 3. The lowest BCUT2D eigenvalue weighted by atomic mass is 9.94. The van der Waals surface area contributed by atoms with Gasteiger partial charge < -0.3 is 9.72 Å². The quantitative estimate of drug-likeness (QED) is 0.939. The van der Waals surface area contributed by atoms with Gasteiger partial charge in [-0.15, -0.1) is 0 Å². The van der Waals surface area contributed by atoms with E-state index in [9.17, 15) is 0 Å². The molecule has 22 heavy (non-hydrogen) atoms. The predicted octanol–water partition coefficient (Wildman–Crippen LogP) is 3.51. The Labute approximate surface area is 131 Å². The van der Waals surface area contributed by atoms with Crippen molar-refractivity contribution in [3.63, 3.8) is 0 Å². The fraction of sp³-hybridized carbons (Fsp3) is 0.500. The molecule has 1 aromatic carbocycles. The van der Waals surface area contributed by atoms with E-state index in [2.05, 4.69) is 40.8 Å². The van der Waals surface area contributed by atoms with Crippen LogP contribution in [0.1, 0.15) is 47.7 Å². The van der Waals surface area contributed by atoms with Crippen LogP contribution in [-0.2, 0) is 6.54 Å². The number of aromatic amines is 1. The maximum Gasteiger partial charge on any atom is 0.124 e. The van der Waals surface area contributed by atoms with Crippen molar-refractivity contribution in [2.45, 2.75) is 51.7 Å². The standard InChI is InChI=1S/C18H23N3O/c1-12-7-16-17(5-6-22-18(16)8-13(12)2)21(15-3-4-15)10-14-9-19-11-20-14/h7-9,11,15,17H,3-6,10H2,1-2H3,(H,19,20). The summed E-state index contributed by atoms with van der Waals surface area (Å²) in [5.74, 6) is 1.08. The Balaban J connectivity index is 1.68. The molecule has 0 saturated heterocycles. The summed E-state index contributed by atoms with van der Waals surface area (Å²) in [6.07, 6.45) is 7.40. The number of ether oxygens (including phenoxy) is 1. The van der Waals surface area contributed by atoms with Crippen molar-refractivity contribution in [3.05, 3.63) is 47.0 Å². The molecule has 0 spiro atoms. The van der Waals surface area contributed by atoms with Gasteiger partial charge in [0, 0.05) is 42.5 Å². The van der Waals surface area contributed by atoms with Gasteiger partial charge in [-0.2, -0.15) is 0 Å². The van der Waals surface area contributed by atoms with E-state index < -0.39 is 0 Å². The maximum absolute atomic E-state index is 5.93. The number of nitrogens with zero attached hydrogens (tertiary/aromatic N) is 2. The Morgan fingerprint density at radius 1 is 1.23 bits per heavy atom. The molecule has 1 saturated carbocycles. The van der Waals surface area contributed by atoms with Crippen molar-refractivity contribution in [1.29, 1.82) is 0 Å². The molecular weight excluding hydrogens is 274 g/mol. The second-order valence-corrected chi connectivity index (χ2v) is 6.61. The normalized spacial score (nSPS) is 20.8. The number of aromatic nitrogens is 2. The van der Waals surface area contributed by atoms with Gasteiger partial charge in [-0.05, 0) is 43.9 Å². The van der Waals surface area contributed by atoms with Gasteiger partial charge in [0.15, 0.2) is 0 Å². The molecule has 1 atom stereocenters. The van der Waals surface area contributed by atoms with E-state index in [0.717, 1.165) is 25.3 Å². The molecule has 2 aliphatic rings. The van der Waals surface area contributed by atoms with Crippen LogP contribution in [0.5, 0.6) is 5.75 Å². The number of aryl methyl sites for hydroxylation is 2. The average molecular weight is 297 g/mol. The van der Waals surface area contributed by atoms with Crippen LogP contribution in [0, 0.1) is 13.8 Å². The minimum atomic E-state index is 0.457. The third-order valence-electron chi connectivity index (χ3n) is 4.96. The smallest absolute Gasteiger partial charge is 0.124 e. The second kappa shape index (κ2) is 5.43. The number of benzene rings is 1. The molecule has 4 heteroatoms. The number of rotatable bonds is 4. The van der Waals surface area contributed by atoms with Crippen LogP contribution < -0.4 is 4.74 Å². The Morgan fingerprint density at radius 2 is 2.05 bits per heavy atom. The van der Waals surface area contributed by atoms with E-state index in [1.165, 1.54) is 35.2 Å². The highest BCUT2D eigenvalue weighted by atomic mass is 16.5. The molecule has 1 aliphatic carbocycles. The van der Waals surface area contributed by atoms with Crippen molar-refractivity contribution in [2.24, 2.45) is 0 Å². The lowest BCUT2D eigenvalue weighted by Crippen LogP contribution is -2.34. The zero-order valence-corrected chi connectivity index (χ0v) is 13.3. The van der Waals surface area contributed by atoms with Crippen LogP contribution in [0.25, 0.3) is 0 Å². The van der Waals surface area contributed by atoms with Crippen LogP contribution in [0.15, 0.2) is 24.7 Å². The summed E-state index contributed by atoms with van der Waals surface area (Å²) in [5, 5.41) is 0. The monoisotopic (exact) mass is 297 g/mol. The minimum absolute atomic E-state index is 0.457. The van der Waals surface area contributed by atoms with Gasteiger partial charge in [-0.3, -0.25) is 4.90 Å².